The summed E-state index contributed by atoms with van der Waals surface area (Å²) in [6.45, 7) is 4.93. The van der Waals surface area contributed by atoms with Gasteiger partial charge in [0, 0.05) is 0 Å². The zero-order valence-corrected chi connectivity index (χ0v) is 11.1. The van der Waals surface area contributed by atoms with Crippen molar-refractivity contribution < 1.29 is 9.15 Å². The van der Waals surface area contributed by atoms with Crippen LogP contribution in [0.3, 0.4) is 0 Å². The van der Waals surface area contributed by atoms with E-state index in [-0.39, 0.29) is 6.04 Å². The molecule has 3 heteroatoms. The van der Waals surface area contributed by atoms with Gasteiger partial charge in [0.05, 0.1) is 13.2 Å². The number of rotatable bonds is 5. The van der Waals surface area contributed by atoms with Crippen molar-refractivity contribution in [2.24, 2.45) is 0 Å². The van der Waals surface area contributed by atoms with Crippen LogP contribution in [0.15, 0.2) is 40.8 Å². The molecule has 1 heterocycles. The summed E-state index contributed by atoms with van der Waals surface area (Å²) in [6, 6.07) is 12.2. The molecule has 0 aliphatic carbocycles. The van der Waals surface area contributed by atoms with Crippen molar-refractivity contribution in [3.63, 3.8) is 0 Å². The predicted molar refractivity (Wildman–Crippen MR) is 72.0 cm³/mol. The minimum Gasteiger partial charge on any atom is -0.497 e. The molecule has 1 aromatic carbocycles. The van der Waals surface area contributed by atoms with Gasteiger partial charge in [-0.1, -0.05) is 19.1 Å². The first-order valence-corrected chi connectivity index (χ1v) is 6.18. The fraction of sp³-hybridized carbons (Fsp3) is 0.333. The van der Waals surface area contributed by atoms with E-state index in [1.54, 1.807) is 7.11 Å². The second-order valence-corrected chi connectivity index (χ2v) is 4.21. The molecule has 2 aromatic rings. The molecular weight excluding hydrogens is 226 g/mol. The third kappa shape index (κ3) is 2.74. The van der Waals surface area contributed by atoms with E-state index < -0.39 is 0 Å². The second-order valence-electron chi connectivity index (χ2n) is 4.21. The molecule has 0 saturated carbocycles. The maximum atomic E-state index is 5.72. The predicted octanol–water partition coefficient (Wildman–Crippen LogP) is 3.30. The lowest BCUT2D eigenvalue weighted by Gasteiger charge is -2.16. The molecular formula is C15H19NO2. The quantitative estimate of drug-likeness (QED) is 0.877. The number of furan rings is 1. The van der Waals surface area contributed by atoms with Crippen LogP contribution in [0.5, 0.6) is 5.75 Å². The van der Waals surface area contributed by atoms with E-state index >= 15 is 0 Å². The Morgan fingerprint density at radius 3 is 2.39 bits per heavy atom. The second kappa shape index (κ2) is 5.74. The molecule has 0 aliphatic rings. The van der Waals surface area contributed by atoms with Gasteiger partial charge in [-0.15, -0.1) is 0 Å². The number of benzene rings is 1. The minimum atomic E-state index is 0.0922. The van der Waals surface area contributed by atoms with Gasteiger partial charge >= 0.3 is 0 Å². The van der Waals surface area contributed by atoms with Crippen LogP contribution in [0.25, 0.3) is 0 Å². The SMILES string of the molecule is CCNC(c1ccc(OC)cc1)c1ccc(C)o1. The van der Waals surface area contributed by atoms with Gasteiger partial charge in [0.1, 0.15) is 17.3 Å². The van der Waals surface area contributed by atoms with E-state index in [1.165, 1.54) is 5.56 Å². The lowest BCUT2D eigenvalue weighted by atomic mass is 10.0. The Kier molecular flexibility index (Phi) is 4.05. The third-order valence-electron chi connectivity index (χ3n) is 2.90. The Morgan fingerprint density at radius 2 is 1.89 bits per heavy atom. The molecule has 0 spiro atoms. The fourth-order valence-corrected chi connectivity index (χ4v) is 1.99. The van der Waals surface area contributed by atoms with Crippen LogP contribution in [0.1, 0.15) is 30.0 Å². The Labute approximate surface area is 108 Å². The molecule has 3 nitrogen and oxygen atoms in total. The van der Waals surface area contributed by atoms with Gasteiger partial charge < -0.3 is 14.5 Å². The number of ether oxygens (including phenoxy) is 1. The van der Waals surface area contributed by atoms with E-state index in [1.807, 2.05) is 31.2 Å². The first kappa shape index (κ1) is 12.7. The summed E-state index contributed by atoms with van der Waals surface area (Å²) in [4.78, 5) is 0. The average molecular weight is 245 g/mol. The van der Waals surface area contributed by atoms with Crippen LogP contribution >= 0.6 is 0 Å². The molecule has 2 rings (SSSR count). The fourth-order valence-electron chi connectivity index (χ4n) is 1.99. The molecule has 0 amide bonds. The van der Waals surface area contributed by atoms with Gasteiger partial charge in [-0.05, 0) is 43.3 Å². The molecule has 1 atom stereocenters. The highest BCUT2D eigenvalue weighted by atomic mass is 16.5. The highest BCUT2D eigenvalue weighted by Crippen LogP contribution is 2.25. The summed E-state index contributed by atoms with van der Waals surface area (Å²) in [7, 11) is 1.67. The Balaban J connectivity index is 2.28. The van der Waals surface area contributed by atoms with Crippen LogP contribution in [0.2, 0.25) is 0 Å². The monoisotopic (exact) mass is 245 g/mol. The zero-order chi connectivity index (χ0) is 13.0. The average Bonchev–Trinajstić information content (AvgIpc) is 2.82. The molecule has 96 valence electrons. The van der Waals surface area contributed by atoms with E-state index in [9.17, 15) is 0 Å². The summed E-state index contributed by atoms with van der Waals surface area (Å²) in [5.41, 5.74) is 1.17. The van der Waals surface area contributed by atoms with Crippen LogP contribution in [0, 0.1) is 6.92 Å². The van der Waals surface area contributed by atoms with Crippen molar-refractivity contribution in [1.82, 2.24) is 5.32 Å². The summed E-state index contributed by atoms with van der Waals surface area (Å²) in [6.07, 6.45) is 0. The van der Waals surface area contributed by atoms with Gasteiger partial charge in [0.15, 0.2) is 0 Å². The molecule has 1 N–H and O–H groups in total. The molecule has 1 unspecified atom stereocenters. The van der Waals surface area contributed by atoms with Crippen LogP contribution < -0.4 is 10.1 Å². The van der Waals surface area contributed by atoms with Crippen molar-refractivity contribution in [3.8, 4) is 5.75 Å². The minimum absolute atomic E-state index is 0.0922. The van der Waals surface area contributed by atoms with Gasteiger partial charge in [-0.3, -0.25) is 0 Å². The van der Waals surface area contributed by atoms with Crippen molar-refractivity contribution in [2.45, 2.75) is 19.9 Å². The maximum absolute atomic E-state index is 5.72. The standard InChI is InChI=1S/C15H19NO2/c1-4-16-15(14-10-5-11(2)18-14)12-6-8-13(17-3)9-7-12/h5-10,15-16H,4H2,1-3H3. The molecule has 18 heavy (non-hydrogen) atoms. The number of hydrogen-bond donors (Lipinski definition) is 1. The molecule has 0 saturated heterocycles. The van der Waals surface area contributed by atoms with E-state index in [0.717, 1.165) is 23.8 Å². The third-order valence-corrected chi connectivity index (χ3v) is 2.90. The van der Waals surface area contributed by atoms with Crippen molar-refractivity contribution in [3.05, 3.63) is 53.5 Å². The van der Waals surface area contributed by atoms with Gasteiger partial charge in [0.25, 0.3) is 0 Å². The lowest BCUT2D eigenvalue weighted by Crippen LogP contribution is -2.21. The number of methoxy groups -OCH3 is 1. The molecule has 0 aliphatic heterocycles. The number of hydrogen-bond acceptors (Lipinski definition) is 3. The summed E-state index contributed by atoms with van der Waals surface area (Å²) in [5.74, 6) is 2.74. The van der Waals surface area contributed by atoms with Crippen LogP contribution in [-0.2, 0) is 0 Å². The number of nitrogens with one attached hydrogen (secondary N) is 1. The van der Waals surface area contributed by atoms with Crippen LogP contribution in [-0.4, -0.2) is 13.7 Å². The lowest BCUT2D eigenvalue weighted by molar-refractivity contribution is 0.413. The molecule has 1 aromatic heterocycles. The van der Waals surface area contributed by atoms with E-state index in [4.69, 9.17) is 9.15 Å². The van der Waals surface area contributed by atoms with Crippen molar-refractivity contribution in [1.29, 1.82) is 0 Å². The Hall–Kier alpha value is -1.74. The topological polar surface area (TPSA) is 34.4 Å². The van der Waals surface area contributed by atoms with Crippen LogP contribution in [0.4, 0.5) is 0 Å². The largest absolute Gasteiger partial charge is 0.497 e. The summed E-state index contributed by atoms with van der Waals surface area (Å²) >= 11 is 0. The summed E-state index contributed by atoms with van der Waals surface area (Å²) < 4.78 is 10.9. The highest BCUT2D eigenvalue weighted by molar-refractivity contribution is 5.33. The van der Waals surface area contributed by atoms with Crippen molar-refractivity contribution in [2.75, 3.05) is 13.7 Å². The van der Waals surface area contributed by atoms with Crippen molar-refractivity contribution >= 4 is 0 Å². The van der Waals surface area contributed by atoms with E-state index in [2.05, 4.69) is 24.4 Å². The first-order valence-electron chi connectivity index (χ1n) is 6.18. The first-order chi connectivity index (χ1) is 8.74. The maximum Gasteiger partial charge on any atom is 0.125 e. The number of aryl methyl sites for hydroxylation is 1. The smallest absolute Gasteiger partial charge is 0.125 e. The van der Waals surface area contributed by atoms with E-state index in [0.29, 0.717) is 0 Å². The molecule has 0 fully saturated rings. The molecule has 0 radical (unpaired) electrons. The van der Waals surface area contributed by atoms with Gasteiger partial charge in [0.2, 0.25) is 0 Å². The Bertz CT molecular complexity index is 487. The Morgan fingerprint density at radius 1 is 1.17 bits per heavy atom. The van der Waals surface area contributed by atoms with Gasteiger partial charge in [-0.2, -0.15) is 0 Å². The molecule has 0 bridgehead atoms. The zero-order valence-electron chi connectivity index (χ0n) is 11.1. The van der Waals surface area contributed by atoms with Gasteiger partial charge in [-0.25, -0.2) is 0 Å². The summed E-state index contributed by atoms with van der Waals surface area (Å²) in [5, 5.41) is 3.43. The highest BCUT2D eigenvalue weighted by Gasteiger charge is 2.16. The normalized spacial score (nSPS) is 12.4.